The predicted molar refractivity (Wildman–Crippen MR) is 68.7 cm³/mol. The highest BCUT2D eigenvalue weighted by atomic mass is 32.1. The Labute approximate surface area is 110 Å². The van der Waals surface area contributed by atoms with Crippen LogP contribution in [0.3, 0.4) is 0 Å². The standard InChI is InChI=1S/C11H17N3O3S/c1-11(2,9(15)16)14(3)10(17)12-5-4-8-6-18-7-13-8/h6-7H,4-5H2,1-3H3,(H,12,17)(H,15,16). The molecule has 0 aliphatic heterocycles. The Morgan fingerprint density at radius 1 is 1.56 bits per heavy atom. The van der Waals surface area contributed by atoms with Crippen molar-refractivity contribution in [3.05, 3.63) is 16.6 Å². The van der Waals surface area contributed by atoms with Crippen LogP contribution in [-0.2, 0) is 11.2 Å². The maximum absolute atomic E-state index is 11.8. The van der Waals surface area contributed by atoms with E-state index in [-0.39, 0.29) is 0 Å². The van der Waals surface area contributed by atoms with Crippen molar-refractivity contribution in [2.75, 3.05) is 13.6 Å². The van der Waals surface area contributed by atoms with E-state index in [4.69, 9.17) is 5.11 Å². The topological polar surface area (TPSA) is 82.5 Å². The first-order chi connectivity index (χ1) is 8.35. The van der Waals surface area contributed by atoms with Gasteiger partial charge in [0, 0.05) is 25.4 Å². The van der Waals surface area contributed by atoms with E-state index in [1.807, 2.05) is 5.38 Å². The van der Waals surface area contributed by atoms with E-state index >= 15 is 0 Å². The first kappa shape index (κ1) is 14.4. The summed E-state index contributed by atoms with van der Waals surface area (Å²) < 4.78 is 0. The zero-order chi connectivity index (χ0) is 13.8. The highest BCUT2D eigenvalue weighted by Crippen LogP contribution is 2.12. The molecule has 7 heteroatoms. The maximum atomic E-state index is 11.8. The number of aliphatic carboxylic acids is 1. The second-order valence-electron chi connectivity index (χ2n) is 4.38. The Kier molecular flexibility index (Phi) is 4.66. The lowest BCUT2D eigenvalue weighted by Gasteiger charge is -2.31. The molecule has 0 fully saturated rings. The maximum Gasteiger partial charge on any atom is 0.329 e. The van der Waals surface area contributed by atoms with Crippen LogP contribution in [0.2, 0.25) is 0 Å². The number of likely N-dealkylation sites (N-methyl/N-ethyl adjacent to an activating group) is 1. The van der Waals surface area contributed by atoms with Gasteiger partial charge in [-0.15, -0.1) is 11.3 Å². The van der Waals surface area contributed by atoms with Gasteiger partial charge in [-0.2, -0.15) is 0 Å². The Morgan fingerprint density at radius 2 is 2.22 bits per heavy atom. The van der Waals surface area contributed by atoms with Gasteiger partial charge in [0.05, 0.1) is 11.2 Å². The number of carboxylic acid groups (broad SMARTS) is 1. The molecule has 0 atom stereocenters. The van der Waals surface area contributed by atoms with Gasteiger partial charge in [-0.25, -0.2) is 14.6 Å². The summed E-state index contributed by atoms with van der Waals surface area (Å²) in [6.45, 7) is 3.40. The van der Waals surface area contributed by atoms with Crippen LogP contribution in [-0.4, -0.2) is 46.1 Å². The summed E-state index contributed by atoms with van der Waals surface area (Å²) in [5.41, 5.74) is 1.42. The molecule has 0 radical (unpaired) electrons. The van der Waals surface area contributed by atoms with Crippen molar-refractivity contribution >= 4 is 23.3 Å². The number of carbonyl (C=O) groups excluding carboxylic acids is 1. The number of thiazole rings is 1. The molecule has 0 unspecified atom stereocenters. The quantitative estimate of drug-likeness (QED) is 0.842. The predicted octanol–water partition coefficient (Wildman–Crippen LogP) is 1.19. The molecule has 1 heterocycles. The van der Waals surface area contributed by atoms with Crippen molar-refractivity contribution in [3.8, 4) is 0 Å². The molecule has 0 spiro atoms. The molecule has 1 aromatic rings. The van der Waals surface area contributed by atoms with E-state index in [0.29, 0.717) is 13.0 Å². The van der Waals surface area contributed by atoms with Gasteiger partial charge in [0.15, 0.2) is 0 Å². The lowest BCUT2D eigenvalue weighted by molar-refractivity contribution is -0.146. The minimum atomic E-state index is -1.23. The van der Waals surface area contributed by atoms with Crippen LogP contribution >= 0.6 is 11.3 Å². The molecule has 6 nitrogen and oxygen atoms in total. The summed E-state index contributed by atoms with van der Waals surface area (Å²) in [4.78, 5) is 28.0. The molecular weight excluding hydrogens is 254 g/mol. The van der Waals surface area contributed by atoms with Crippen molar-refractivity contribution in [2.24, 2.45) is 0 Å². The van der Waals surface area contributed by atoms with E-state index in [0.717, 1.165) is 5.69 Å². The van der Waals surface area contributed by atoms with Crippen LogP contribution in [0.25, 0.3) is 0 Å². The SMILES string of the molecule is CN(C(=O)NCCc1cscn1)C(C)(C)C(=O)O. The lowest BCUT2D eigenvalue weighted by atomic mass is 10.1. The molecule has 0 aliphatic rings. The van der Waals surface area contributed by atoms with E-state index in [9.17, 15) is 9.59 Å². The van der Waals surface area contributed by atoms with Gasteiger partial charge in [0.2, 0.25) is 0 Å². The molecule has 0 aromatic carbocycles. The number of amides is 2. The van der Waals surface area contributed by atoms with Crippen LogP contribution in [0.1, 0.15) is 19.5 Å². The van der Waals surface area contributed by atoms with Gasteiger partial charge in [0.1, 0.15) is 5.54 Å². The van der Waals surface area contributed by atoms with Crippen LogP contribution < -0.4 is 5.32 Å². The molecule has 0 saturated heterocycles. The largest absolute Gasteiger partial charge is 0.480 e. The fraction of sp³-hybridized carbons (Fsp3) is 0.545. The molecule has 0 aliphatic carbocycles. The minimum absolute atomic E-state index is 0.405. The number of carboxylic acids is 1. The summed E-state index contributed by atoms with van der Waals surface area (Å²) in [5.74, 6) is -1.04. The van der Waals surface area contributed by atoms with Crippen molar-refractivity contribution in [1.82, 2.24) is 15.2 Å². The smallest absolute Gasteiger partial charge is 0.329 e. The van der Waals surface area contributed by atoms with Gasteiger partial charge in [-0.1, -0.05) is 0 Å². The highest BCUT2D eigenvalue weighted by Gasteiger charge is 2.34. The molecule has 2 N–H and O–H groups in total. The summed E-state index contributed by atoms with van der Waals surface area (Å²) in [6.07, 6.45) is 0.635. The molecule has 100 valence electrons. The second kappa shape index (κ2) is 5.81. The zero-order valence-electron chi connectivity index (χ0n) is 10.6. The summed E-state index contributed by atoms with van der Waals surface area (Å²) in [7, 11) is 1.46. The molecular formula is C11H17N3O3S. The van der Waals surface area contributed by atoms with E-state index in [1.54, 1.807) is 5.51 Å². The van der Waals surface area contributed by atoms with Gasteiger partial charge in [-0.3, -0.25) is 0 Å². The summed E-state index contributed by atoms with van der Waals surface area (Å²) in [5, 5.41) is 13.6. The summed E-state index contributed by atoms with van der Waals surface area (Å²) >= 11 is 1.50. The molecule has 2 amide bonds. The number of hydrogen-bond acceptors (Lipinski definition) is 4. The number of nitrogens with one attached hydrogen (secondary N) is 1. The second-order valence-corrected chi connectivity index (χ2v) is 5.10. The zero-order valence-corrected chi connectivity index (χ0v) is 11.5. The number of urea groups is 1. The van der Waals surface area contributed by atoms with Gasteiger partial charge >= 0.3 is 12.0 Å². The average Bonchev–Trinajstić information content (AvgIpc) is 2.80. The number of carbonyl (C=O) groups is 2. The van der Waals surface area contributed by atoms with Crippen molar-refractivity contribution in [1.29, 1.82) is 0 Å². The Balaban J connectivity index is 2.43. The molecule has 1 aromatic heterocycles. The van der Waals surface area contributed by atoms with Gasteiger partial charge in [0.25, 0.3) is 0 Å². The average molecular weight is 271 g/mol. The van der Waals surface area contributed by atoms with Crippen LogP contribution in [0.4, 0.5) is 4.79 Å². The fourth-order valence-electron chi connectivity index (χ4n) is 1.17. The summed E-state index contributed by atoms with van der Waals surface area (Å²) in [6, 6.07) is -0.405. The van der Waals surface area contributed by atoms with Crippen LogP contribution in [0, 0.1) is 0 Å². The molecule has 18 heavy (non-hydrogen) atoms. The highest BCUT2D eigenvalue weighted by molar-refractivity contribution is 7.07. The van der Waals surface area contributed by atoms with Crippen molar-refractivity contribution in [2.45, 2.75) is 25.8 Å². The van der Waals surface area contributed by atoms with Gasteiger partial charge in [-0.05, 0) is 13.8 Å². The number of rotatable bonds is 5. The third-order valence-corrected chi connectivity index (χ3v) is 3.44. The third kappa shape index (κ3) is 3.43. The molecule has 1 rings (SSSR count). The Bertz CT molecular complexity index is 417. The lowest BCUT2D eigenvalue weighted by Crippen LogP contribution is -2.54. The fourth-order valence-corrected chi connectivity index (χ4v) is 1.77. The van der Waals surface area contributed by atoms with Crippen molar-refractivity contribution in [3.63, 3.8) is 0 Å². The Hall–Kier alpha value is -1.63. The number of hydrogen-bond donors (Lipinski definition) is 2. The van der Waals surface area contributed by atoms with Gasteiger partial charge < -0.3 is 15.3 Å². The van der Waals surface area contributed by atoms with Crippen LogP contribution in [0.5, 0.6) is 0 Å². The Morgan fingerprint density at radius 3 is 2.72 bits per heavy atom. The molecule has 0 saturated carbocycles. The van der Waals surface area contributed by atoms with E-state index in [1.165, 1.54) is 37.1 Å². The number of nitrogens with zero attached hydrogens (tertiary/aromatic N) is 2. The number of aromatic nitrogens is 1. The van der Waals surface area contributed by atoms with Crippen molar-refractivity contribution < 1.29 is 14.7 Å². The first-order valence-corrected chi connectivity index (χ1v) is 6.42. The first-order valence-electron chi connectivity index (χ1n) is 5.48. The minimum Gasteiger partial charge on any atom is -0.480 e. The normalized spacial score (nSPS) is 11.1. The monoisotopic (exact) mass is 271 g/mol. The van der Waals surface area contributed by atoms with E-state index in [2.05, 4.69) is 10.3 Å². The molecule has 0 bridgehead atoms. The van der Waals surface area contributed by atoms with Crippen LogP contribution in [0.15, 0.2) is 10.9 Å². The third-order valence-electron chi connectivity index (χ3n) is 2.81. The van der Waals surface area contributed by atoms with E-state index < -0.39 is 17.5 Å².